The van der Waals surface area contributed by atoms with E-state index in [1.54, 1.807) is 12.3 Å². The van der Waals surface area contributed by atoms with Gasteiger partial charge < -0.3 is 10.1 Å². The van der Waals surface area contributed by atoms with Crippen LogP contribution in [0.1, 0.15) is 29.5 Å². The fourth-order valence-corrected chi connectivity index (χ4v) is 2.59. The number of benzene rings is 1. The third-order valence-electron chi connectivity index (χ3n) is 3.84. The molecule has 1 aliphatic heterocycles. The molecule has 0 saturated carbocycles. The molecule has 0 spiro atoms. The van der Waals surface area contributed by atoms with Gasteiger partial charge in [-0.2, -0.15) is 0 Å². The Hall–Kier alpha value is -2.88. The van der Waals surface area contributed by atoms with Crippen molar-refractivity contribution < 1.29 is 9.53 Å². The molecule has 4 heteroatoms. The molecule has 0 aliphatic carbocycles. The minimum atomic E-state index is -0.361. The maximum absolute atomic E-state index is 11.8. The summed E-state index contributed by atoms with van der Waals surface area (Å²) in [4.78, 5) is 16.2. The first-order valence-corrected chi connectivity index (χ1v) is 8.03. The fourth-order valence-electron chi connectivity index (χ4n) is 2.59. The highest BCUT2D eigenvalue weighted by atomic mass is 16.5. The number of ether oxygens (including phenoxy) is 1. The summed E-state index contributed by atoms with van der Waals surface area (Å²) in [7, 11) is 0. The lowest BCUT2D eigenvalue weighted by Crippen LogP contribution is -2.01. The fraction of sp³-hybridized carbons (Fsp3) is 0.200. The van der Waals surface area contributed by atoms with Crippen LogP contribution in [0.3, 0.4) is 0 Å². The van der Waals surface area contributed by atoms with Crippen LogP contribution < -0.4 is 5.32 Å². The molecule has 2 aromatic rings. The van der Waals surface area contributed by atoms with Crippen LogP contribution in [0.2, 0.25) is 0 Å². The van der Waals surface area contributed by atoms with Crippen LogP contribution >= 0.6 is 0 Å². The maximum Gasteiger partial charge on any atom is 0.331 e. The topological polar surface area (TPSA) is 51.2 Å². The zero-order valence-corrected chi connectivity index (χ0v) is 13.5. The Bertz CT molecular complexity index is 766. The van der Waals surface area contributed by atoms with E-state index in [9.17, 15) is 4.79 Å². The molecular weight excluding hydrogens is 300 g/mol. The van der Waals surface area contributed by atoms with Crippen molar-refractivity contribution in [3.8, 4) is 0 Å². The van der Waals surface area contributed by atoms with E-state index in [1.807, 2.05) is 30.3 Å². The average Bonchev–Trinajstić information content (AvgIpc) is 2.79. The van der Waals surface area contributed by atoms with Gasteiger partial charge in [0.15, 0.2) is 0 Å². The van der Waals surface area contributed by atoms with Gasteiger partial charge in [0, 0.05) is 18.0 Å². The summed E-state index contributed by atoms with van der Waals surface area (Å²) in [6.45, 7) is 4.25. The predicted molar refractivity (Wildman–Crippen MR) is 95.2 cm³/mol. The molecule has 1 aliphatic rings. The number of carbonyl (C=O) groups is 1. The third-order valence-corrected chi connectivity index (χ3v) is 3.84. The molecule has 2 heterocycles. The second kappa shape index (κ2) is 7.59. The summed E-state index contributed by atoms with van der Waals surface area (Å²) in [6.07, 6.45) is 7.87. The van der Waals surface area contributed by atoms with Crippen molar-refractivity contribution in [1.29, 1.82) is 0 Å². The molecule has 24 heavy (non-hydrogen) atoms. The number of nitrogens with one attached hydrogen (secondary N) is 1. The molecule has 4 nitrogen and oxygen atoms in total. The number of allylic oxidation sites excluding steroid dienone is 1. The summed E-state index contributed by atoms with van der Waals surface area (Å²) in [5, 5.41) is 3.23. The molecule has 0 amide bonds. The van der Waals surface area contributed by atoms with Gasteiger partial charge in [0.2, 0.25) is 0 Å². The zero-order valence-electron chi connectivity index (χ0n) is 13.5. The molecule has 0 radical (unpaired) electrons. The van der Waals surface area contributed by atoms with Crippen LogP contribution in [0.15, 0.2) is 60.9 Å². The number of fused-ring (bicyclic) bond motifs is 1. The van der Waals surface area contributed by atoms with Crippen molar-refractivity contribution in [3.63, 3.8) is 0 Å². The van der Waals surface area contributed by atoms with E-state index in [0.717, 1.165) is 47.5 Å². The Kier molecular flexibility index (Phi) is 5.06. The highest BCUT2D eigenvalue weighted by Gasteiger charge is 2.10. The SMILES string of the molecule is C=C1CCCc2cc(/C=C/C(=O)OCc3ccccc3)cnc2N1. The summed E-state index contributed by atoms with van der Waals surface area (Å²) in [6, 6.07) is 11.7. The Morgan fingerprint density at radius 2 is 2.12 bits per heavy atom. The smallest absolute Gasteiger partial charge is 0.331 e. The van der Waals surface area contributed by atoms with Gasteiger partial charge in [-0.25, -0.2) is 9.78 Å². The van der Waals surface area contributed by atoms with Crippen LogP contribution in [0, 0.1) is 0 Å². The molecule has 0 fully saturated rings. The number of aryl methyl sites for hydroxylation is 1. The molecule has 0 bridgehead atoms. The van der Waals surface area contributed by atoms with E-state index in [0.29, 0.717) is 0 Å². The number of pyridine rings is 1. The van der Waals surface area contributed by atoms with Crippen molar-refractivity contribution >= 4 is 17.9 Å². The largest absolute Gasteiger partial charge is 0.458 e. The van der Waals surface area contributed by atoms with Crippen LogP contribution in [-0.2, 0) is 22.6 Å². The molecular formula is C20H20N2O2. The van der Waals surface area contributed by atoms with Crippen molar-refractivity contribution in [2.45, 2.75) is 25.9 Å². The Morgan fingerprint density at radius 1 is 1.29 bits per heavy atom. The molecule has 1 N–H and O–H groups in total. The molecule has 0 atom stereocenters. The zero-order chi connectivity index (χ0) is 16.8. The number of anilines is 1. The number of aromatic nitrogens is 1. The van der Waals surface area contributed by atoms with Crippen LogP contribution in [0.4, 0.5) is 5.82 Å². The van der Waals surface area contributed by atoms with Crippen LogP contribution in [0.25, 0.3) is 6.08 Å². The number of nitrogens with zero attached hydrogens (tertiary/aromatic N) is 1. The van der Waals surface area contributed by atoms with E-state index in [1.165, 1.54) is 6.08 Å². The van der Waals surface area contributed by atoms with Gasteiger partial charge in [0.05, 0.1) is 0 Å². The van der Waals surface area contributed by atoms with Crippen LogP contribution in [-0.4, -0.2) is 11.0 Å². The average molecular weight is 320 g/mol. The number of carbonyl (C=O) groups excluding carboxylic acids is 1. The van der Waals surface area contributed by atoms with E-state index in [-0.39, 0.29) is 12.6 Å². The summed E-state index contributed by atoms with van der Waals surface area (Å²) < 4.78 is 5.23. The van der Waals surface area contributed by atoms with Crippen molar-refractivity contribution in [2.75, 3.05) is 5.32 Å². The van der Waals surface area contributed by atoms with Crippen molar-refractivity contribution in [1.82, 2.24) is 4.98 Å². The molecule has 0 saturated heterocycles. The number of hydrogen-bond acceptors (Lipinski definition) is 4. The molecule has 0 unspecified atom stereocenters. The van der Waals surface area contributed by atoms with Crippen LogP contribution in [0.5, 0.6) is 0 Å². The quantitative estimate of drug-likeness (QED) is 0.680. The van der Waals surface area contributed by atoms with Gasteiger partial charge in [0.25, 0.3) is 0 Å². The van der Waals surface area contributed by atoms with Gasteiger partial charge in [-0.3, -0.25) is 0 Å². The lowest BCUT2D eigenvalue weighted by molar-refractivity contribution is -0.138. The first-order valence-electron chi connectivity index (χ1n) is 8.03. The Labute approximate surface area is 141 Å². The standard InChI is InChI=1S/C20H20N2O2/c1-15-6-5-9-18-12-17(13-21-20(18)22-15)10-11-19(23)24-14-16-7-3-2-4-8-16/h2-4,7-8,10-13H,1,5-6,9,14H2,(H,21,22)/b11-10+. The Balaban J connectivity index is 1.61. The molecule has 122 valence electrons. The number of hydrogen-bond donors (Lipinski definition) is 1. The van der Waals surface area contributed by atoms with E-state index in [2.05, 4.69) is 22.9 Å². The predicted octanol–water partition coefficient (Wildman–Crippen LogP) is 4.10. The van der Waals surface area contributed by atoms with Gasteiger partial charge in [-0.15, -0.1) is 0 Å². The van der Waals surface area contributed by atoms with Gasteiger partial charge in [0.1, 0.15) is 12.4 Å². The van der Waals surface area contributed by atoms with Gasteiger partial charge in [-0.05, 0) is 48.1 Å². The van der Waals surface area contributed by atoms with E-state index < -0.39 is 0 Å². The van der Waals surface area contributed by atoms with Gasteiger partial charge in [-0.1, -0.05) is 36.9 Å². The number of esters is 1. The molecule has 1 aromatic carbocycles. The second-order valence-corrected chi connectivity index (χ2v) is 5.79. The maximum atomic E-state index is 11.8. The van der Waals surface area contributed by atoms with E-state index >= 15 is 0 Å². The Morgan fingerprint density at radius 3 is 2.96 bits per heavy atom. The van der Waals surface area contributed by atoms with Crippen molar-refractivity contribution in [3.05, 3.63) is 77.6 Å². The monoisotopic (exact) mass is 320 g/mol. The highest BCUT2D eigenvalue weighted by Crippen LogP contribution is 2.24. The molecule has 1 aromatic heterocycles. The van der Waals surface area contributed by atoms with E-state index in [4.69, 9.17) is 4.74 Å². The second-order valence-electron chi connectivity index (χ2n) is 5.79. The highest BCUT2D eigenvalue weighted by molar-refractivity contribution is 5.87. The molecule has 3 rings (SSSR count). The lowest BCUT2D eigenvalue weighted by Gasteiger charge is -2.07. The lowest BCUT2D eigenvalue weighted by atomic mass is 10.1. The van der Waals surface area contributed by atoms with Crippen molar-refractivity contribution in [2.24, 2.45) is 0 Å². The third kappa shape index (κ3) is 4.32. The number of rotatable bonds is 4. The minimum absolute atomic E-state index is 0.276. The summed E-state index contributed by atoms with van der Waals surface area (Å²) in [5.74, 6) is 0.501. The normalized spacial score (nSPS) is 13.9. The first-order chi connectivity index (χ1) is 11.7. The first kappa shape index (κ1) is 16.0. The minimum Gasteiger partial charge on any atom is -0.458 e. The van der Waals surface area contributed by atoms with Gasteiger partial charge >= 0.3 is 5.97 Å². The summed E-state index contributed by atoms with van der Waals surface area (Å²) >= 11 is 0. The summed E-state index contributed by atoms with van der Waals surface area (Å²) in [5.41, 5.74) is 4.00.